The largest absolute Gasteiger partial charge is 0.434 e. The molecule has 1 amide bonds. The number of rotatable bonds is 3. The lowest BCUT2D eigenvalue weighted by molar-refractivity contribution is -0.143. The number of aromatic nitrogens is 2. The Morgan fingerprint density at radius 3 is 2.65 bits per heavy atom. The van der Waals surface area contributed by atoms with Crippen LogP contribution in [-0.4, -0.2) is 22.2 Å². The smallest absolute Gasteiger partial charge is 0.347 e. The molecule has 4 nitrogen and oxygen atoms in total. The van der Waals surface area contributed by atoms with Crippen molar-refractivity contribution in [3.05, 3.63) is 29.1 Å². The van der Waals surface area contributed by atoms with Gasteiger partial charge < -0.3 is 5.32 Å². The summed E-state index contributed by atoms with van der Waals surface area (Å²) in [6.07, 6.45) is -3.27. The number of aryl methyl sites for hydroxylation is 1. The monoisotopic (exact) mass is 267 g/mol. The number of amides is 1. The summed E-state index contributed by atoms with van der Waals surface area (Å²) in [5.41, 5.74) is -1.61. The van der Waals surface area contributed by atoms with Gasteiger partial charge in [-0.3, -0.25) is 9.48 Å². The fourth-order valence-corrected chi connectivity index (χ4v) is 1.55. The Morgan fingerprint density at radius 2 is 2.24 bits per heavy atom. The van der Waals surface area contributed by atoms with Crippen LogP contribution in [0.3, 0.4) is 0 Å². The quantitative estimate of drug-likeness (QED) is 0.852. The lowest BCUT2D eigenvalue weighted by atomic mass is 10.3. The van der Waals surface area contributed by atoms with Gasteiger partial charge in [0.1, 0.15) is 5.02 Å². The highest BCUT2D eigenvalue weighted by atomic mass is 35.5. The Bertz CT molecular complexity index is 453. The maximum Gasteiger partial charge on any atom is 0.434 e. The number of nitrogens with one attached hydrogen (secondary N) is 1. The Labute approximate surface area is 100 Å². The number of halogens is 4. The summed E-state index contributed by atoms with van der Waals surface area (Å²) >= 11 is 5.50. The van der Waals surface area contributed by atoms with E-state index >= 15 is 0 Å². The van der Waals surface area contributed by atoms with Gasteiger partial charge >= 0.3 is 6.18 Å². The molecule has 0 bridgehead atoms. The molecular weight excluding hydrogens is 259 g/mol. The van der Waals surface area contributed by atoms with Crippen LogP contribution in [0, 0.1) is 0 Å². The standard InChI is InChI=1S/C9H9ClF3N3O/c1-3-4-14-8(17)6-5(10)7(9(11,12)13)16(2)15-6/h3H,1,4H2,2H3,(H,14,17). The second kappa shape index (κ2) is 4.79. The maximum atomic E-state index is 12.5. The zero-order valence-electron chi connectivity index (χ0n) is 8.81. The SMILES string of the molecule is C=CCNC(=O)c1nn(C)c(C(F)(F)F)c1Cl. The fraction of sp³-hybridized carbons (Fsp3) is 0.333. The number of nitrogens with zero attached hydrogens (tertiary/aromatic N) is 2. The van der Waals surface area contributed by atoms with E-state index in [1.807, 2.05) is 0 Å². The number of hydrogen-bond donors (Lipinski definition) is 1. The highest BCUT2D eigenvalue weighted by Gasteiger charge is 2.39. The predicted molar refractivity (Wildman–Crippen MR) is 55.8 cm³/mol. The number of alkyl halides is 3. The molecule has 1 aromatic rings. The second-order valence-corrected chi connectivity index (χ2v) is 3.51. The van der Waals surface area contributed by atoms with Crippen molar-refractivity contribution in [1.29, 1.82) is 0 Å². The van der Waals surface area contributed by atoms with Gasteiger partial charge in [0.15, 0.2) is 11.4 Å². The van der Waals surface area contributed by atoms with Gasteiger partial charge in [-0.2, -0.15) is 18.3 Å². The Hall–Kier alpha value is -1.50. The molecule has 0 saturated heterocycles. The highest BCUT2D eigenvalue weighted by Crippen LogP contribution is 2.35. The number of carbonyl (C=O) groups excluding carboxylic acids is 1. The summed E-state index contributed by atoms with van der Waals surface area (Å²) in [7, 11) is 1.07. The highest BCUT2D eigenvalue weighted by molar-refractivity contribution is 6.34. The van der Waals surface area contributed by atoms with E-state index in [9.17, 15) is 18.0 Å². The van der Waals surface area contributed by atoms with Crippen LogP contribution in [0.15, 0.2) is 12.7 Å². The van der Waals surface area contributed by atoms with Gasteiger partial charge in [0.05, 0.1) is 0 Å². The van der Waals surface area contributed by atoms with Crippen LogP contribution >= 0.6 is 11.6 Å². The van der Waals surface area contributed by atoms with Crippen LogP contribution in [0.25, 0.3) is 0 Å². The van der Waals surface area contributed by atoms with Crippen LogP contribution < -0.4 is 5.32 Å². The number of hydrogen-bond acceptors (Lipinski definition) is 2. The molecule has 0 aliphatic heterocycles. The molecule has 94 valence electrons. The second-order valence-electron chi connectivity index (χ2n) is 3.13. The van der Waals surface area contributed by atoms with E-state index in [0.717, 1.165) is 7.05 Å². The van der Waals surface area contributed by atoms with Gasteiger partial charge in [-0.15, -0.1) is 6.58 Å². The topological polar surface area (TPSA) is 46.9 Å². The van der Waals surface area contributed by atoms with Gasteiger partial charge in [0.2, 0.25) is 0 Å². The molecule has 0 aromatic carbocycles. The van der Waals surface area contributed by atoms with Crippen molar-refractivity contribution in [2.24, 2.45) is 7.05 Å². The molecule has 1 N–H and O–H groups in total. The van der Waals surface area contributed by atoms with E-state index in [1.54, 1.807) is 0 Å². The van der Waals surface area contributed by atoms with Gasteiger partial charge in [-0.25, -0.2) is 0 Å². The zero-order valence-corrected chi connectivity index (χ0v) is 9.56. The third kappa shape index (κ3) is 2.79. The van der Waals surface area contributed by atoms with E-state index in [1.165, 1.54) is 6.08 Å². The molecule has 1 heterocycles. The maximum absolute atomic E-state index is 12.5. The van der Waals surface area contributed by atoms with Crippen LogP contribution in [0.1, 0.15) is 16.2 Å². The summed E-state index contributed by atoms with van der Waals surface area (Å²) in [6.45, 7) is 3.48. The van der Waals surface area contributed by atoms with Crippen molar-refractivity contribution < 1.29 is 18.0 Å². The zero-order chi connectivity index (χ0) is 13.2. The van der Waals surface area contributed by atoms with E-state index in [-0.39, 0.29) is 6.54 Å². The minimum atomic E-state index is -4.66. The van der Waals surface area contributed by atoms with Crippen molar-refractivity contribution in [3.63, 3.8) is 0 Å². The molecular formula is C9H9ClF3N3O. The molecule has 0 aliphatic carbocycles. The Balaban J connectivity index is 3.13. The third-order valence-electron chi connectivity index (χ3n) is 1.88. The lowest BCUT2D eigenvalue weighted by Gasteiger charge is -2.06. The molecule has 0 atom stereocenters. The van der Waals surface area contributed by atoms with Crippen molar-refractivity contribution >= 4 is 17.5 Å². The summed E-state index contributed by atoms with van der Waals surface area (Å²) in [6, 6.07) is 0. The molecule has 1 aromatic heterocycles. The van der Waals surface area contributed by atoms with Crippen LogP contribution in [0.2, 0.25) is 5.02 Å². The van der Waals surface area contributed by atoms with Crippen LogP contribution in [-0.2, 0) is 13.2 Å². The van der Waals surface area contributed by atoms with Crippen molar-refractivity contribution in [2.45, 2.75) is 6.18 Å². The molecule has 0 aliphatic rings. The van der Waals surface area contributed by atoms with Gasteiger partial charge in [0.25, 0.3) is 5.91 Å². The number of carbonyl (C=O) groups is 1. The molecule has 0 radical (unpaired) electrons. The first-order valence-electron chi connectivity index (χ1n) is 4.47. The van der Waals surface area contributed by atoms with Crippen molar-refractivity contribution in [3.8, 4) is 0 Å². The first kappa shape index (κ1) is 13.6. The van der Waals surface area contributed by atoms with Crippen LogP contribution in [0.5, 0.6) is 0 Å². The summed E-state index contributed by atoms with van der Waals surface area (Å²) in [4.78, 5) is 11.4. The molecule has 0 spiro atoms. The first-order valence-corrected chi connectivity index (χ1v) is 4.85. The minimum Gasteiger partial charge on any atom is -0.347 e. The van der Waals surface area contributed by atoms with E-state index in [0.29, 0.717) is 4.68 Å². The lowest BCUT2D eigenvalue weighted by Crippen LogP contribution is -2.24. The van der Waals surface area contributed by atoms with Crippen molar-refractivity contribution in [2.75, 3.05) is 6.54 Å². The average Bonchev–Trinajstić information content (AvgIpc) is 2.49. The van der Waals surface area contributed by atoms with E-state index in [2.05, 4.69) is 17.0 Å². The molecule has 0 unspecified atom stereocenters. The van der Waals surface area contributed by atoms with Gasteiger partial charge in [-0.1, -0.05) is 17.7 Å². The van der Waals surface area contributed by atoms with Crippen molar-refractivity contribution in [1.82, 2.24) is 15.1 Å². The van der Waals surface area contributed by atoms with Gasteiger partial charge in [-0.05, 0) is 0 Å². The van der Waals surface area contributed by atoms with Crippen LogP contribution in [0.4, 0.5) is 13.2 Å². The average molecular weight is 268 g/mol. The predicted octanol–water partition coefficient (Wildman–Crippen LogP) is 2.01. The van der Waals surface area contributed by atoms with Gasteiger partial charge in [0, 0.05) is 13.6 Å². The molecule has 8 heteroatoms. The first-order chi connectivity index (χ1) is 7.79. The third-order valence-corrected chi connectivity index (χ3v) is 2.24. The normalized spacial score (nSPS) is 11.4. The molecule has 0 saturated carbocycles. The minimum absolute atomic E-state index is 0.118. The summed E-state index contributed by atoms with van der Waals surface area (Å²) < 4.78 is 38.2. The summed E-state index contributed by atoms with van der Waals surface area (Å²) in [5.74, 6) is -0.777. The Kier molecular flexibility index (Phi) is 3.82. The Morgan fingerprint density at radius 1 is 1.65 bits per heavy atom. The molecule has 1 rings (SSSR count). The molecule has 0 fully saturated rings. The van der Waals surface area contributed by atoms with E-state index in [4.69, 9.17) is 11.6 Å². The fourth-order valence-electron chi connectivity index (χ4n) is 1.20. The van der Waals surface area contributed by atoms with E-state index < -0.39 is 28.5 Å². The molecule has 17 heavy (non-hydrogen) atoms. The summed E-state index contributed by atoms with van der Waals surface area (Å²) in [5, 5.41) is 5.04.